The number of carbonyl (C=O) groups excluding carboxylic acids is 1. The van der Waals surface area contributed by atoms with Crippen LogP contribution in [0, 0.1) is 17.3 Å². The predicted octanol–water partition coefficient (Wildman–Crippen LogP) is 2.81. The first-order valence-electron chi connectivity index (χ1n) is 6.21. The van der Waals surface area contributed by atoms with Gasteiger partial charge in [0.25, 0.3) is 0 Å². The van der Waals surface area contributed by atoms with Gasteiger partial charge in [0, 0.05) is 25.6 Å². The molecule has 0 bridgehead atoms. The zero-order valence-corrected chi connectivity index (χ0v) is 9.92. The Morgan fingerprint density at radius 3 is 2.73 bits per heavy atom. The number of hydrogen-bond donors (Lipinski definition) is 0. The molecule has 0 aromatic heterocycles. The Kier molecular flexibility index (Phi) is 3.15. The number of hydrogen-bond acceptors (Lipinski definition) is 2. The smallest absolute Gasteiger partial charge is 0.136 e. The quantitative estimate of drug-likeness (QED) is 0.716. The molecule has 1 saturated heterocycles. The van der Waals surface area contributed by atoms with E-state index in [-0.39, 0.29) is 5.92 Å². The molecule has 1 aliphatic carbocycles. The van der Waals surface area contributed by atoms with E-state index < -0.39 is 0 Å². The maximum absolute atomic E-state index is 12.2. The second-order valence-electron chi connectivity index (χ2n) is 5.75. The molecule has 15 heavy (non-hydrogen) atoms. The predicted molar refractivity (Wildman–Crippen MR) is 59.7 cm³/mol. The van der Waals surface area contributed by atoms with E-state index in [1.165, 1.54) is 19.3 Å². The summed E-state index contributed by atoms with van der Waals surface area (Å²) in [6.45, 7) is 5.95. The summed E-state index contributed by atoms with van der Waals surface area (Å²) >= 11 is 0. The molecule has 2 atom stereocenters. The van der Waals surface area contributed by atoms with Crippen molar-refractivity contribution in [3.63, 3.8) is 0 Å². The van der Waals surface area contributed by atoms with E-state index in [4.69, 9.17) is 4.74 Å². The Labute approximate surface area is 92.4 Å². The molecule has 86 valence electrons. The van der Waals surface area contributed by atoms with Crippen LogP contribution in [0.2, 0.25) is 0 Å². The molecule has 0 aromatic rings. The van der Waals surface area contributed by atoms with Gasteiger partial charge in [0.15, 0.2) is 0 Å². The lowest BCUT2D eigenvalue weighted by atomic mass is 9.65. The zero-order chi connectivity index (χ0) is 10.9. The summed E-state index contributed by atoms with van der Waals surface area (Å²) in [4.78, 5) is 12.2. The largest absolute Gasteiger partial charge is 0.381 e. The van der Waals surface area contributed by atoms with Gasteiger partial charge in [-0.1, -0.05) is 20.3 Å². The molecule has 2 aliphatic rings. The summed E-state index contributed by atoms with van der Waals surface area (Å²) in [6.07, 6.45) is 5.55. The monoisotopic (exact) mass is 210 g/mol. The molecule has 2 rings (SSSR count). The van der Waals surface area contributed by atoms with Crippen LogP contribution < -0.4 is 0 Å². The lowest BCUT2D eigenvalue weighted by Crippen LogP contribution is -2.36. The third kappa shape index (κ3) is 2.41. The molecule has 1 heterocycles. The number of rotatable bonds is 3. The first-order valence-corrected chi connectivity index (χ1v) is 6.21. The third-order valence-corrected chi connectivity index (χ3v) is 4.22. The first kappa shape index (κ1) is 11.1. The fourth-order valence-electron chi connectivity index (χ4n) is 2.87. The van der Waals surface area contributed by atoms with Crippen LogP contribution in [-0.2, 0) is 9.53 Å². The van der Waals surface area contributed by atoms with Crippen molar-refractivity contribution in [2.24, 2.45) is 17.3 Å². The van der Waals surface area contributed by atoms with Crippen molar-refractivity contribution in [3.8, 4) is 0 Å². The highest BCUT2D eigenvalue weighted by atomic mass is 16.5. The Balaban J connectivity index is 1.89. The second-order valence-corrected chi connectivity index (χ2v) is 5.75. The Morgan fingerprint density at radius 1 is 1.47 bits per heavy atom. The number of ether oxygens (including phenoxy) is 1. The van der Waals surface area contributed by atoms with Crippen LogP contribution in [0.25, 0.3) is 0 Å². The van der Waals surface area contributed by atoms with Crippen molar-refractivity contribution in [1.29, 1.82) is 0 Å². The van der Waals surface area contributed by atoms with Gasteiger partial charge in [-0.05, 0) is 30.6 Å². The maximum atomic E-state index is 12.2. The molecule has 0 spiro atoms. The summed E-state index contributed by atoms with van der Waals surface area (Å²) in [5.41, 5.74) is 0.342. The Hall–Kier alpha value is -0.370. The van der Waals surface area contributed by atoms with Crippen molar-refractivity contribution in [1.82, 2.24) is 0 Å². The Morgan fingerprint density at radius 2 is 2.20 bits per heavy atom. The molecular formula is C13H22O2. The minimum absolute atomic E-state index is 0.274. The van der Waals surface area contributed by atoms with Crippen LogP contribution in [-0.4, -0.2) is 19.0 Å². The zero-order valence-electron chi connectivity index (χ0n) is 9.92. The fourth-order valence-corrected chi connectivity index (χ4v) is 2.87. The highest BCUT2D eigenvalue weighted by Crippen LogP contribution is 2.44. The van der Waals surface area contributed by atoms with Crippen molar-refractivity contribution in [3.05, 3.63) is 0 Å². The molecule has 0 N–H and O–H groups in total. The van der Waals surface area contributed by atoms with Crippen molar-refractivity contribution in [2.45, 2.75) is 46.0 Å². The SMILES string of the molecule is CC1COCCC1C(=O)CC1(C)CCC1. The van der Waals surface area contributed by atoms with Gasteiger partial charge in [0.1, 0.15) is 5.78 Å². The Bertz CT molecular complexity index is 243. The molecule has 2 unspecified atom stereocenters. The van der Waals surface area contributed by atoms with E-state index in [0.717, 1.165) is 26.1 Å². The van der Waals surface area contributed by atoms with Gasteiger partial charge >= 0.3 is 0 Å². The molecular weight excluding hydrogens is 188 g/mol. The minimum atomic E-state index is 0.274. The standard InChI is InChI=1S/C13H22O2/c1-10-9-15-7-4-11(10)12(14)8-13(2)5-3-6-13/h10-11H,3-9H2,1-2H3. The topological polar surface area (TPSA) is 26.3 Å². The summed E-state index contributed by atoms with van der Waals surface area (Å²) < 4.78 is 5.38. The fraction of sp³-hybridized carbons (Fsp3) is 0.923. The van der Waals surface area contributed by atoms with E-state index in [1.807, 2.05) is 0 Å². The lowest BCUT2D eigenvalue weighted by molar-refractivity contribution is -0.131. The third-order valence-electron chi connectivity index (χ3n) is 4.22. The van der Waals surface area contributed by atoms with E-state index in [1.54, 1.807) is 0 Å². The van der Waals surface area contributed by atoms with Gasteiger partial charge in [-0.25, -0.2) is 0 Å². The molecule has 2 heteroatoms. The van der Waals surface area contributed by atoms with Crippen LogP contribution in [0.15, 0.2) is 0 Å². The molecule has 0 radical (unpaired) electrons. The summed E-state index contributed by atoms with van der Waals surface area (Å²) in [5.74, 6) is 1.19. The van der Waals surface area contributed by atoms with Crippen molar-refractivity contribution >= 4 is 5.78 Å². The van der Waals surface area contributed by atoms with Gasteiger partial charge in [-0.15, -0.1) is 0 Å². The normalized spacial score (nSPS) is 34.5. The van der Waals surface area contributed by atoms with Crippen LogP contribution in [0.5, 0.6) is 0 Å². The van der Waals surface area contributed by atoms with Crippen LogP contribution in [0.3, 0.4) is 0 Å². The second kappa shape index (κ2) is 4.25. The average Bonchev–Trinajstić information content (AvgIpc) is 2.16. The van der Waals surface area contributed by atoms with E-state index in [0.29, 0.717) is 17.1 Å². The molecule has 2 fully saturated rings. The van der Waals surface area contributed by atoms with Gasteiger partial charge < -0.3 is 4.74 Å². The highest BCUT2D eigenvalue weighted by Gasteiger charge is 2.37. The van der Waals surface area contributed by atoms with E-state index in [9.17, 15) is 4.79 Å². The van der Waals surface area contributed by atoms with Crippen molar-refractivity contribution < 1.29 is 9.53 Å². The summed E-state index contributed by atoms with van der Waals surface area (Å²) in [7, 11) is 0. The van der Waals surface area contributed by atoms with E-state index >= 15 is 0 Å². The highest BCUT2D eigenvalue weighted by molar-refractivity contribution is 5.82. The van der Waals surface area contributed by atoms with Gasteiger partial charge in [-0.3, -0.25) is 4.79 Å². The lowest BCUT2D eigenvalue weighted by Gasteiger charge is -2.39. The van der Waals surface area contributed by atoms with Crippen LogP contribution >= 0.6 is 0 Å². The van der Waals surface area contributed by atoms with Gasteiger partial charge in [0.2, 0.25) is 0 Å². The van der Waals surface area contributed by atoms with Gasteiger partial charge in [0.05, 0.1) is 0 Å². The van der Waals surface area contributed by atoms with Gasteiger partial charge in [-0.2, -0.15) is 0 Å². The average molecular weight is 210 g/mol. The first-order chi connectivity index (χ1) is 7.11. The minimum Gasteiger partial charge on any atom is -0.381 e. The summed E-state index contributed by atoms with van der Waals surface area (Å²) in [5, 5.41) is 0. The van der Waals surface area contributed by atoms with E-state index in [2.05, 4.69) is 13.8 Å². The van der Waals surface area contributed by atoms with Crippen molar-refractivity contribution in [2.75, 3.05) is 13.2 Å². The number of Topliss-reactive ketones (excluding diaryl/α,β-unsaturated/α-hetero) is 1. The van der Waals surface area contributed by atoms with Crippen LogP contribution in [0.1, 0.15) is 46.0 Å². The van der Waals surface area contributed by atoms with Crippen LogP contribution in [0.4, 0.5) is 0 Å². The summed E-state index contributed by atoms with van der Waals surface area (Å²) in [6, 6.07) is 0. The molecule has 0 aromatic carbocycles. The molecule has 2 nitrogen and oxygen atoms in total. The number of ketones is 1. The maximum Gasteiger partial charge on any atom is 0.136 e. The number of carbonyl (C=O) groups is 1. The molecule has 1 aliphatic heterocycles. The molecule has 1 saturated carbocycles. The molecule has 0 amide bonds.